The van der Waals surface area contributed by atoms with Crippen LogP contribution in [0.15, 0.2) is 24.3 Å². The number of carbonyl (C=O) groups is 1. The molecular formula is C15H21ClO3. The van der Waals surface area contributed by atoms with Crippen molar-refractivity contribution in [2.45, 2.75) is 26.7 Å². The minimum Gasteiger partial charge on any atom is -0.494 e. The molecule has 1 aromatic rings. The van der Waals surface area contributed by atoms with Crippen molar-refractivity contribution in [2.75, 3.05) is 19.1 Å². The first kappa shape index (κ1) is 15.8. The second-order valence-electron chi connectivity index (χ2n) is 4.46. The van der Waals surface area contributed by atoms with Crippen molar-refractivity contribution >= 4 is 17.6 Å². The molecule has 1 aromatic carbocycles. The SMILES string of the molecule is CCOC(=O)c1ccc(OCCC(C)CCCl)cc1. The number of benzene rings is 1. The van der Waals surface area contributed by atoms with Crippen LogP contribution in [0.4, 0.5) is 0 Å². The maximum Gasteiger partial charge on any atom is 0.338 e. The van der Waals surface area contributed by atoms with Crippen LogP contribution in [0, 0.1) is 5.92 Å². The summed E-state index contributed by atoms with van der Waals surface area (Å²) in [6, 6.07) is 7.02. The van der Waals surface area contributed by atoms with Gasteiger partial charge in [-0.3, -0.25) is 0 Å². The van der Waals surface area contributed by atoms with Gasteiger partial charge in [-0.05, 0) is 49.9 Å². The van der Waals surface area contributed by atoms with E-state index in [-0.39, 0.29) is 5.97 Å². The predicted molar refractivity (Wildman–Crippen MR) is 77.0 cm³/mol. The summed E-state index contributed by atoms with van der Waals surface area (Å²) in [6.45, 7) is 5.00. The smallest absolute Gasteiger partial charge is 0.338 e. The molecule has 0 aliphatic heterocycles. The Kier molecular flexibility index (Phi) is 7.34. The van der Waals surface area contributed by atoms with Gasteiger partial charge >= 0.3 is 5.97 Å². The fourth-order valence-electron chi connectivity index (χ4n) is 1.61. The molecule has 0 amide bonds. The number of ether oxygens (including phenoxy) is 2. The largest absolute Gasteiger partial charge is 0.494 e. The molecule has 0 bridgehead atoms. The first-order chi connectivity index (χ1) is 9.17. The maximum atomic E-state index is 11.5. The van der Waals surface area contributed by atoms with Crippen molar-refractivity contribution in [2.24, 2.45) is 5.92 Å². The van der Waals surface area contributed by atoms with E-state index in [1.807, 2.05) is 0 Å². The van der Waals surface area contributed by atoms with Gasteiger partial charge in [-0.15, -0.1) is 11.6 Å². The number of rotatable bonds is 8. The minimum absolute atomic E-state index is 0.301. The van der Waals surface area contributed by atoms with Crippen LogP contribution in [0.5, 0.6) is 5.75 Å². The summed E-state index contributed by atoms with van der Waals surface area (Å²) in [5, 5.41) is 0. The lowest BCUT2D eigenvalue weighted by Crippen LogP contribution is -2.06. The molecular weight excluding hydrogens is 264 g/mol. The van der Waals surface area contributed by atoms with E-state index in [2.05, 4.69) is 6.92 Å². The van der Waals surface area contributed by atoms with E-state index < -0.39 is 0 Å². The lowest BCUT2D eigenvalue weighted by Gasteiger charge is -2.11. The molecule has 0 aromatic heterocycles. The van der Waals surface area contributed by atoms with Crippen molar-refractivity contribution in [1.29, 1.82) is 0 Å². The molecule has 0 aliphatic rings. The van der Waals surface area contributed by atoms with Crippen molar-refractivity contribution in [3.63, 3.8) is 0 Å². The lowest BCUT2D eigenvalue weighted by atomic mass is 10.1. The number of alkyl halides is 1. The molecule has 1 unspecified atom stereocenters. The average molecular weight is 285 g/mol. The maximum absolute atomic E-state index is 11.5. The van der Waals surface area contributed by atoms with E-state index in [1.54, 1.807) is 31.2 Å². The van der Waals surface area contributed by atoms with Crippen LogP contribution in [0.1, 0.15) is 37.0 Å². The predicted octanol–water partition coefficient (Wildman–Crippen LogP) is 3.90. The third-order valence-corrected chi connectivity index (χ3v) is 3.06. The second-order valence-corrected chi connectivity index (χ2v) is 4.84. The fraction of sp³-hybridized carbons (Fsp3) is 0.533. The molecule has 0 saturated heterocycles. The quantitative estimate of drug-likeness (QED) is 0.536. The molecule has 1 rings (SSSR count). The summed E-state index contributed by atoms with van der Waals surface area (Å²) >= 11 is 5.68. The zero-order valence-electron chi connectivity index (χ0n) is 11.5. The molecule has 4 heteroatoms. The third kappa shape index (κ3) is 5.97. The molecule has 19 heavy (non-hydrogen) atoms. The third-order valence-electron chi connectivity index (χ3n) is 2.85. The van der Waals surface area contributed by atoms with Gasteiger partial charge in [0.25, 0.3) is 0 Å². The first-order valence-corrected chi connectivity index (χ1v) is 7.16. The molecule has 1 atom stereocenters. The van der Waals surface area contributed by atoms with Crippen molar-refractivity contribution in [3.8, 4) is 5.75 Å². The van der Waals surface area contributed by atoms with E-state index in [0.29, 0.717) is 30.6 Å². The topological polar surface area (TPSA) is 35.5 Å². The number of hydrogen-bond acceptors (Lipinski definition) is 3. The highest BCUT2D eigenvalue weighted by atomic mass is 35.5. The Morgan fingerprint density at radius 2 is 1.95 bits per heavy atom. The number of hydrogen-bond donors (Lipinski definition) is 0. The van der Waals surface area contributed by atoms with E-state index >= 15 is 0 Å². The lowest BCUT2D eigenvalue weighted by molar-refractivity contribution is 0.0526. The van der Waals surface area contributed by atoms with Crippen LogP contribution in [-0.2, 0) is 4.74 Å². The van der Waals surface area contributed by atoms with Gasteiger partial charge in [0.1, 0.15) is 5.75 Å². The van der Waals surface area contributed by atoms with Crippen LogP contribution in [0.25, 0.3) is 0 Å². The van der Waals surface area contributed by atoms with Crippen molar-refractivity contribution in [3.05, 3.63) is 29.8 Å². The van der Waals surface area contributed by atoms with Gasteiger partial charge in [0.2, 0.25) is 0 Å². The summed E-state index contributed by atoms with van der Waals surface area (Å²) in [5.41, 5.74) is 0.546. The molecule has 0 radical (unpaired) electrons. The van der Waals surface area contributed by atoms with Crippen LogP contribution in [0.2, 0.25) is 0 Å². The zero-order chi connectivity index (χ0) is 14.1. The summed E-state index contributed by atoms with van der Waals surface area (Å²) in [6.07, 6.45) is 1.99. The highest BCUT2D eigenvalue weighted by Gasteiger charge is 2.06. The summed E-state index contributed by atoms with van der Waals surface area (Å²) < 4.78 is 10.5. The summed E-state index contributed by atoms with van der Waals surface area (Å²) in [5.74, 6) is 1.72. The van der Waals surface area contributed by atoms with Gasteiger partial charge in [0.15, 0.2) is 0 Å². The van der Waals surface area contributed by atoms with Crippen molar-refractivity contribution in [1.82, 2.24) is 0 Å². The van der Waals surface area contributed by atoms with Gasteiger partial charge in [-0.25, -0.2) is 4.79 Å². The average Bonchev–Trinajstić information content (AvgIpc) is 2.40. The molecule has 0 fully saturated rings. The molecule has 106 valence electrons. The van der Waals surface area contributed by atoms with Crippen molar-refractivity contribution < 1.29 is 14.3 Å². The van der Waals surface area contributed by atoms with Crippen LogP contribution in [-0.4, -0.2) is 25.1 Å². The summed E-state index contributed by atoms with van der Waals surface area (Å²) in [7, 11) is 0. The van der Waals surface area contributed by atoms with Crippen LogP contribution in [0.3, 0.4) is 0 Å². The Labute approximate surface area is 119 Å². The van der Waals surface area contributed by atoms with Gasteiger partial charge in [0.05, 0.1) is 18.8 Å². The van der Waals surface area contributed by atoms with Gasteiger partial charge in [0, 0.05) is 5.88 Å². The standard InChI is InChI=1S/C15H21ClO3/c1-3-18-15(17)13-4-6-14(7-5-13)19-11-9-12(2)8-10-16/h4-7,12H,3,8-11H2,1-2H3. The molecule has 0 spiro atoms. The van der Waals surface area contributed by atoms with E-state index in [1.165, 1.54) is 0 Å². The normalized spacial score (nSPS) is 11.9. The van der Waals surface area contributed by atoms with E-state index in [4.69, 9.17) is 21.1 Å². The van der Waals surface area contributed by atoms with E-state index in [0.717, 1.165) is 18.6 Å². The molecule has 0 N–H and O–H groups in total. The Bertz CT molecular complexity index is 375. The summed E-state index contributed by atoms with van der Waals surface area (Å²) in [4.78, 5) is 11.5. The number of esters is 1. The fourth-order valence-corrected chi connectivity index (χ4v) is 1.98. The molecule has 0 heterocycles. The van der Waals surface area contributed by atoms with Gasteiger partial charge in [-0.1, -0.05) is 6.92 Å². The highest BCUT2D eigenvalue weighted by Crippen LogP contribution is 2.15. The zero-order valence-corrected chi connectivity index (χ0v) is 12.3. The van der Waals surface area contributed by atoms with Gasteiger partial charge < -0.3 is 9.47 Å². The Hall–Kier alpha value is -1.22. The molecule has 0 aliphatic carbocycles. The van der Waals surface area contributed by atoms with Gasteiger partial charge in [-0.2, -0.15) is 0 Å². The molecule has 3 nitrogen and oxygen atoms in total. The molecule has 0 saturated carbocycles. The monoisotopic (exact) mass is 284 g/mol. The number of halogens is 1. The van der Waals surface area contributed by atoms with E-state index in [9.17, 15) is 4.79 Å². The minimum atomic E-state index is -0.301. The Balaban J connectivity index is 2.38. The van der Waals surface area contributed by atoms with Crippen LogP contribution >= 0.6 is 11.6 Å². The highest BCUT2D eigenvalue weighted by molar-refractivity contribution is 6.17. The first-order valence-electron chi connectivity index (χ1n) is 6.63. The van der Waals surface area contributed by atoms with Crippen LogP contribution < -0.4 is 4.74 Å². The second kappa shape index (κ2) is 8.81. The Morgan fingerprint density at radius 3 is 2.53 bits per heavy atom. The number of carbonyl (C=O) groups excluding carboxylic acids is 1. The Morgan fingerprint density at radius 1 is 1.26 bits per heavy atom.